The molecule has 0 radical (unpaired) electrons. The summed E-state index contributed by atoms with van der Waals surface area (Å²) in [6.45, 7) is 3.18. The molecule has 1 N–H and O–H groups in total. The summed E-state index contributed by atoms with van der Waals surface area (Å²) < 4.78 is 5.68. The molecule has 1 aliphatic heterocycles. The second kappa shape index (κ2) is 6.87. The lowest BCUT2D eigenvalue weighted by atomic mass is 9.93. The minimum absolute atomic E-state index is 0.757. The van der Waals surface area contributed by atoms with Crippen molar-refractivity contribution in [2.75, 3.05) is 19.7 Å². The molecule has 1 aromatic rings. The van der Waals surface area contributed by atoms with Gasteiger partial charge in [-0.25, -0.2) is 0 Å². The molecule has 0 spiro atoms. The fourth-order valence-electron chi connectivity index (χ4n) is 2.26. The lowest BCUT2D eigenvalue weighted by molar-refractivity contribution is 0.274. The summed E-state index contributed by atoms with van der Waals surface area (Å²) in [6, 6.07) is 7.58. The van der Waals surface area contributed by atoms with Gasteiger partial charge in [0.15, 0.2) is 0 Å². The van der Waals surface area contributed by atoms with E-state index in [1.807, 2.05) is 24.3 Å². The second-order valence-electron chi connectivity index (χ2n) is 4.64. The first-order chi connectivity index (χ1) is 8.34. The molecule has 0 aromatic heterocycles. The van der Waals surface area contributed by atoms with Gasteiger partial charge in [-0.1, -0.05) is 11.6 Å². The molecule has 0 bridgehead atoms. The third-order valence-corrected chi connectivity index (χ3v) is 3.55. The van der Waals surface area contributed by atoms with Crippen molar-refractivity contribution in [1.82, 2.24) is 5.32 Å². The van der Waals surface area contributed by atoms with E-state index in [0.717, 1.165) is 29.7 Å². The summed E-state index contributed by atoms with van der Waals surface area (Å²) in [5.41, 5.74) is 0. The topological polar surface area (TPSA) is 21.3 Å². The highest BCUT2D eigenvalue weighted by Crippen LogP contribution is 2.19. The van der Waals surface area contributed by atoms with Crippen LogP contribution in [0, 0.1) is 5.92 Å². The van der Waals surface area contributed by atoms with Gasteiger partial charge in [-0.05, 0) is 69.0 Å². The summed E-state index contributed by atoms with van der Waals surface area (Å²) in [5, 5.41) is 4.15. The highest BCUT2D eigenvalue weighted by atomic mass is 35.5. The van der Waals surface area contributed by atoms with E-state index >= 15 is 0 Å². The van der Waals surface area contributed by atoms with Crippen molar-refractivity contribution in [3.05, 3.63) is 29.3 Å². The molecule has 17 heavy (non-hydrogen) atoms. The Kier molecular flexibility index (Phi) is 5.14. The predicted molar refractivity (Wildman–Crippen MR) is 71.8 cm³/mol. The molecule has 2 nitrogen and oxygen atoms in total. The molecule has 0 atom stereocenters. The smallest absolute Gasteiger partial charge is 0.119 e. The quantitative estimate of drug-likeness (QED) is 0.811. The summed E-state index contributed by atoms with van der Waals surface area (Å²) in [6.07, 6.45) is 5.07. The maximum absolute atomic E-state index is 5.81. The van der Waals surface area contributed by atoms with Gasteiger partial charge in [0.25, 0.3) is 0 Å². The van der Waals surface area contributed by atoms with E-state index in [9.17, 15) is 0 Å². The van der Waals surface area contributed by atoms with Crippen LogP contribution in [0.4, 0.5) is 0 Å². The molecule has 1 aliphatic rings. The fourth-order valence-corrected chi connectivity index (χ4v) is 2.39. The number of piperidine rings is 1. The minimum atomic E-state index is 0.757. The van der Waals surface area contributed by atoms with Crippen LogP contribution in [0.1, 0.15) is 25.7 Å². The first kappa shape index (κ1) is 12.7. The summed E-state index contributed by atoms with van der Waals surface area (Å²) in [5.74, 6) is 1.81. The lowest BCUT2D eigenvalue weighted by Crippen LogP contribution is -2.27. The van der Waals surface area contributed by atoms with Gasteiger partial charge < -0.3 is 10.1 Å². The van der Waals surface area contributed by atoms with Crippen molar-refractivity contribution >= 4 is 11.6 Å². The highest BCUT2D eigenvalue weighted by Gasteiger charge is 2.12. The van der Waals surface area contributed by atoms with Crippen molar-refractivity contribution in [3.8, 4) is 5.75 Å². The molecular formula is C14H20ClNO. The zero-order valence-corrected chi connectivity index (χ0v) is 10.9. The molecule has 94 valence electrons. The van der Waals surface area contributed by atoms with Crippen molar-refractivity contribution in [3.63, 3.8) is 0 Å². The molecule has 0 aliphatic carbocycles. The molecule has 1 heterocycles. The molecule has 2 rings (SSSR count). The summed E-state index contributed by atoms with van der Waals surface area (Å²) in [4.78, 5) is 0. The van der Waals surface area contributed by atoms with Crippen LogP contribution < -0.4 is 10.1 Å². The van der Waals surface area contributed by atoms with Gasteiger partial charge in [-0.3, -0.25) is 0 Å². The van der Waals surface area contributed by atoms with Crippen molar-refractivity contribution in [2.45, 2.75) is 25.7 Å². The zero-order valence-electron chi connectivity index (χ0n) is 10.1. The Bertz CT molecular complexity index is 319. The summed E-state index contributed by atoms with van der Waals surface area (Å²) in [7, 11) is 0. The average Bonchev–Trinajstić information content (AvgIpc) is 2.38. The minimum Gasteiger partial charge on any atom is -0.494 e. The maximum atomic E-state index is 5.81. The molecule has 0 amide bonds. The third-order valence-electron chi connectivity index (χ3n) is 3.30. The number of hydrogen-bond acceptors (Lipinski definition) is 2. The van der Waals surface area contributed by atoms with Gasteiger partial charge in [0, 0.05) is 5.02 Å². The monoisotopic (exact) mass is 253 g/mol. The Balaban J connectivity index is 1.60. The van der Waals surface area contributed by atoms with Crippen LogP contribution in [0.15, 0.2) is 24.3 Å². The van der Waals surface area contributed by atoms with E-state index in [2.05, 4.69) is 5.32 Å². The lowest BCUT2D eigenvalue weighted by Gasteiger charge is -2.22. The van der Waals surface area contributed by atoms with E-state index in [-0.39, 0.29) is 0 Å². The van der Waals surface area contributed by atoms with Crippen molar-refractivity contribution in [1.29, 1.82) is 0 Å². The molecular weight excluding hydrogens is 234 g/mol. The Labute approximate surface area is 108 Å². The number of hydrogen-bond donors (Lipinski definition) is 1. The molecule has 3 heteroatoms. The van der Waals surface area contributed by atoms with Gasteiger partial charge in [0.1, 0.15) is 5.75 Å². The van der Waals surface area contributed by atoms with Crippen LogP contribution in [0.25, 0.3) is 0 Å². The van der Waals surface area contributed by atoms with Gasteiger partial charge in [0.05, 0.1) is 6.61 Å². The molecule has 1 fully saturated rings. The van der Waals surface area contributed by atoms with Gasteiger partial charge in [-0.15, -0.1) is 0 Å². The number of benzene rings is 1. The number of halogens is 1. The number of nitrogens with one attached hydrogen (secondary N) is 1. The van der Waals surface area contributed by atoms with E-state index in [1.165, 1.54) is 32.4 Å². The van der Waals surface area contributed by atoms with Crippen LogP contribution in [0.3, 0.4) is 0 Å². The zero-order chi connectivity index (χ0) is 11.9. The van der Waals surface area contributed by atoms with Crippen molar-refractivity contribution < 1.29 is 4.74 Å². The molecule has 1 aromatic carbocycles. The van der Waals surface area contributed by atoms with Crippen LogP contribution in [0.5, 0.6) is 5.75 Å². The Hall–Kier alpha value is -0.730. The third kappa shape index (κ3) is 4.57. The van der Waals surface area contributed by atoms with Gasteiger partial charge in [0.2, 0.25) is 0 Å². The van der Waals surface area contributed by atoms with Crippen LogP contribution >= 0.6 is 11.6 Å². The van der Waals surface area contributed by atoms with E-state index in [4.69, 9.17) is 16.3 Å². The van der Waals surface area contributed by atoms with Crippen LogP contribution in [0.2, 0.25) is 5.02 Å². The van der Waals surface area contributed by atoms with Gasteiger partial charge in [-0.2, -0.15) is 0 Å². The summed E-state index contributed by atoms with van der Waals surface area (Å²) >= 11 is 5.81. The largest absolute Gasteiger partial charge is 0.494 e. The van der Waals surface area contributed by atoms with E-state index in [0.29, 0.717) is 0 Å². The molecule has 0 unspecified atom stereocenters. The predicted octanol–water partition coefficient (Wildman–Crippen LogP) is 3.50. The molecule has 0 saturated carbocycles. The van der Waals surface area contributed by atoms with E-state index in [1.54, 1.807) is 0 Å². The maximum Gasteiger partial charge on any atom is 0.119 e. The normalized spacial score (nSPS) is 17.0. The molecule has 1 saturated heterocycles. The SMILES string of the molecule is Clc1ccc(OCCCC2CCNCC2)cc1. The van der Waals surface area contributed by atoms with Crippen molar-refractivity contribution in [2.24, 2.45) is 5.92 Å². The highest BCUT2D eigenvalue weighted by molar-refractivity contribution is 6.30. The van der Waals surface area contributed by atoms with E-state index < -0.39 is 0 Å². The Morgan fingerprint density at radius 3 is 2.59 bits per heavy atom. The first-order valence-electron chi connectivity index (χ1n) is 6.44. The van der Waals surface area contributed by atoms with Crippen LogP contribution in [-0.4, -0.2) is 19.7 Å². The number of ether oxygens (including phenoxy) is 1. The standard InChI is InChI=1S/C14H20ClNO/c15-13-3-5-14(6-4-13)17-11-1-2-12-7-9-16-10-8-12/h3-6,12,16H,1-2,7-11H2. The average molecular weight is 254 g/mol. The first-order valence-corrected chi connectivity index (χ1v) is 6.81. The second-order valence-corrected chi connectivity index (χ2v) is 5.07. The number of rotatable bonds is 5. The Morgan fingerprint density at radius 1 is 1.18 bits per heavy atom. The van der Waals surface area contributed by atoms with Crippen LogP contribution in [-0.2, 0) is 0 Å². The Morgan fingerprint density at radius 2 is 1.88 bits per heavy atom. The fraction of sp³-hybridized carbons (Fsp3) is 0.571. The van der Waals surface area contributed by atoms with Gasteiger partial charge >= 0.3 is 0 Å².